The van der Waals surface area contributed by atoms with Gasteiger partial charge in [0.1, 0.15) is 11.2 Å². The first-order chi connectivity index (χ1) is 8.44. The molecule has 0 radical (unpaired) electrons. The molecule has 0 saturated carbocycles. The van der Waals surface area contributed by atoms with Gasteiger partial charge in [0.05, 0.1) is 0 Å². The number of nitrogens with two attached hydrogens (primary N) is 1. The third-order valence-electron chi connectivity index (χ3n) is 3.22. The van der Waals surface area contributed by atoms with Crippen LogP contribution in [0.15, 0.2) is 24.4 Å². The highest BCUT2D eigenvalue weighted by atomic mass is 16.2. The smallest absolute Gasteiger partial charge is 0.270 e. The fourth-order valence-corrected chi connectivity index (χ4v) is 1.93. The Labute approximate surface area is 107 Å². The second-order valence-corrected chi connectivity index (χ2v) is 4.51. The molecule has 0 aliphatic rings. The van der Waals surface area contributed by atoms with Crippen LogP contribution in [0.3, 0.4) is 0 Å². The predicted molar refractivity (Wildman–Crippen MR) is 68.8 cm³/mol. The third kappa shape index (κ3) is 2.67. The van der Waals surface area contributed by atoms with E-state index in [-0.39, 0.29) is 17.5 Å². The Balaban J connectivity index is 2.99. The number of aromatic nitrogens is 1. The number of amides is 2. The average Bonchev–Trinajstić information content (AvgIpc) is 2.36. The van der Waals surface area contributed by atoms with Crippen molar-refractivity contribution in [1.29, 1.82) is 0 Å². The first-order valence-corrected chi connectivity index (χ1v) is 5.97. The number of nitrogens with zero attached hydrogens (tertiary/aromatic N) is 1. The molecule has 1 aromatic heterocycles. The molecule has 0 aliphatic heterocycles. The van der Waals surface area contributed by atoms with Crippen molar-refractivity contribution in [1.82, 2.24) is 10.3 Å². The van der Waals surface area contributed by atoms with Crippen LogP contribution in [0.25, 0.3) is 0 Å². The monoisotopic (exact) mass is 249 g/mol. The van der Waals surface area contributed by atoms with Gasteiger partial charge in [-0.1, -0.05) is 26.8 Å². The molecule has 0 aliphatic carbocycles. The molecule has 0 bridgehead atoms. The minimum Gasteiger partial charge on any atom is -0.368 e. The lowest BCUT2D eigenvalue weighted by molar-refractivity contribution is -0.126. The normalized spacial score (nSPS) is 14.0. The van der Waals surface area contributed by atoms with E-state index < -0.39 is 11.4 Å². The van der Waals surface area contributed by atoms with Crippen LogP contribution in [0.2, 0.25) is 0 Å². The van der Waals surface area contributed by atoms with Crippen molar-refractivity contribution >= 4 is 11.8 Å². The van der Waals surface area contributed by atoms with E-state index in [0.29, 0.717) is 6.42 Å². The van der Waals surface area contributed by atoms with E-state index >= 15 is 0 Å². The van der Waals surface area contributed by atoms with Crippen molar-refractivity contribution in [2.75, 3.05) is 0 Å². The number of carbonyl (C=O) groups is 2. The maximum Gasteiger partial charge on any atom is 0.270 e. The first-order valence-electron chi connectivity index (χ1n) is 5.97. The largest absolute Gasteiger partial charge is 0.368 e. The maximum absolute atomic E-state index is 12.0. The van der Waals surface area contributed by atoms with E-state index in [2.05, 4.69) is 10.3 Å². The van der Waals surface area contributed by atoms with Crippen molar-refractivity contribution in [2.24, 2.45) is 11.7 Å². The van der Waals surface area contributed by atoms with Gasteiger partial charge in [-0.25, -0.2) is 0 Å². The second-order valence-electron chi connectivity index (χ2n) is 4.51. The molecule has 0 fully saturated rings. The van der Waals surface area contributed by atoms with E-state index in [9.17, 15) is 9.59 Å². The molecule has 1 rings (SSSR count). The van der Waals surface area contributed by atoms with Crippen LogP contribution >= 0.6 is 0 Å². The molecule has 5 nitrogen and oxygen atoms in total. The summed E-state index contributed by atoms with van der Waals surface area (Å²) >= 11 is 0. The number of hydrogen-bond acceptors (Lipinski definition) is 3. The molecule has 5 heteroatoms. The molecule has 0 spiro atoms. The summed E-state index contributed by atoms with van der Waals surface area (Å²) in [5.41, 5.74) is 4.68. The number of pyridine rings is 1. The molecule has 98 valence electrons. The van der Waals surface area contributed by atoms with Crippen LogP contribution in [0.5, 0.6) is 0 Å². The number of carbonyl (C=O) groups excluding carboxylic acids is 2. The fraction of sp³-hybridized carbons (Fsp3) is 0.462. The van der Waals surface area contributed by atoms with Crippen molar-refractivity contribution in [3.63, 3.8) is 0 Å². The van der Waals surface area contributed by atoms with Crippen LogP contribution < -0.4 is 11.1 Å². The topological polar surface area (TPSA) is 85.1 Å². The summed E-state index contributed by atoms with van der Waals surface area (Å²) in [5, 5.41) is 2.72. The van der Waals surface area contributed by atoms with Gasteiger partial charge in [-0.3, -0.25) is 14.6 Å². The highest BCUT2D eigenvalue weighted by Gasteiger charge is 2.39. The minimum atomic E-state index is -1.03. The lowest BCUT2D eigenvalue weighted by atomic mass is 9.83. The van der Waals surface area contributed by atoms with Crippen LogP contribution in [-0.2, 0) is 4.79 Å². The summed E-state index contributed by atoms with van der Waals surface area (Å²) in [6, 6.07) is 5.03. The third-order valence-corrected chi connectivity index (χ3v) is 3.22. The molecule has 2 amide bonds. The van der Waals surface area contributed by atoms with Crippen LogP contribution in [0, 0.1) is 5.92 Å². The Morgan fingerprint density at radius 1 is 1.44 bits per heavy atom. The molecule has 0 saturated heterocycles. The van der Waals surface area contributed by atoms with Gasteiger partial charge in [-0.2, -0.15) is 0 Å². The quantitative estimate of drug-likeness (QED) is 0.819. The van der Waals surface area contributed by atoms with Gasteiger partial charge in [0.25, 0.3) is 5.91 Å². The summed E-state index contributed by atoms with van der Waals surface area (Å²) in [4.78, 5) is 27.6. The Morgan fingerprint density at radius 2 is 2.11 bits per heavy atom. The highest BCUT2D eigenvalue weighted by molar-refractivity contribution is 5.97. The SMILES string of the molecule is CC[C@](NC(=O)c1ccccn1)(C(N)=O)C(C)C. The maximum atomic E-state index is 12.0. The molecule has 0 unspecified atom stereocenters. The fourth-order valence-electron chi connectivity index (χ4n) is 1.93. The molecule has 1 atom stereocenters. The summed E-state index contributed by atoms with van der Waals surface area (Å²) in [6.45, 7) is 5.53. The zero-order chi connectivity index (χ0) is 13.8. The van der Waals surface area contributed by atoms with Crippen LogP contribution in [-0.4, -0.2) is 22.3 Å². The molecular weight excluding hydrogens is 230 g/mol. The average molecular weight is 249 g/mol. The zero-order valence-electron chi connectivity index (χ0n) is 10.9. The molecular formula is C13H19N3O2. The van der Waals surface area contributed by atoms with Gasteiger partial charge in [-0.15, -0.1) is 0 Å². The van der Waals surface area contributed by atoms with Crippen LogP contribution in [0.4, 0.5) is 0 Å². The summed E-state index contributed by atoms with van der Waals surface area (Å²) in [5.74, 6) is -0.998. The van der Waals surface area contributed by atoms with Crippen LogP contribution in [0.1, 0.15) is 37.7 Å². The van der Waals surface area contributed by atoms with E-state index in [1.807, 2.05) is 20.8 Å². The van der Waals surface area contributed by atoms with Gasteiger partial charge < -0.3 is 11.1 Å². The van der Waals surface area contributed by atoms with Gasteiger partial charge in [0.2, 0.25) is 5.91 Å². The predicted octanol–water partition coefficient (Wildman–Crippen LogP) is 1.10. The zero-order valence-corrected chi connectivity index (χ0v) is 10.9. The number of primary amides is 1. The Kier molecular flexibility index (Phi) is 4.42. The second kappa shape index (κ2) is 5.62. The lowest BCUT2D eigenvalue weighted by Crippen LogP contribution is -2.60. The molecule has 1 aromatic rings. The van der Waals surface area contributed by atoms with Gasteiger partial charge in [0.15, 0.2) is 0 Å². The van der Waals surface area contributed by atoms with Crippen molar-refractivity contribution < 1.29 is 9.59 Å². The van der Waals surface area contributed by atoms with Gasteiger partial charge in [-0.05, 0) is 24.5 Å². The summed E-state index contributed by atoms with van der Waals surface area (Å²) < 4.78 is 0. The standard InChI is InChI=1S/C13H19N3O2/c1-4-13(9(2)3,12(14)18)16-11(17)10-7-5-6-8-15-10/h5-9H,4H2,1-3H3,(H2,14,18)(H,16,17)/t13-/m1/s1. The minimum absolute atomic E-state index is 0.0901. The van der Waals surface area contributed by atoms with Crippen molar-refractivity contribution in [3.8, 4) is 0 Å². The molecule has 1 heterocycles. The summed E-state index contributed by atoms with van der Waals surface area (Å²) in [7, 11) is 0. The number of nitrogens with one attached hydrogen (secondary N) is 1. The van der Waals surface area contributed by atoms with E-state index in [1.165, 1.54) is 6.20 Å². The Bertz CT molecular complexity index is 431. The highest BCUT2D eigenvalue weighted by Crippen LogP contribution is 2.21. The van der Waals surface area contributed by atoms with Gasteiger partial charge >= 0.3 is 0 Å². The number of rotatable bonds is 5. The van der Waals surface area contributed by atoms with Gasteiger partial charge in [0, 0.05) is 6.20 Å². The molecule has 3 N–H and O–H groups in total. The van der Waals surface area contributed by atoms with Crippen molar-refractivity contribution in [2.45, 2.75) is 32.7 Å². The van der Waals surface area contributed by atoms with E-state index in [4.69, 9.17) is 5.73 Å². The van der Waals surface area contributed by atoms with E-state index in [1.54, 1.807) is 18.2 Å². The first kappa shape index (κ1) is 14.2. The van der Waals surface area contributed by atoms with Crippen molar-refractivity contribution in [3.05, 3.63) is 30.1 Å². The Morgan fingerprint density at radius 3 is 2.50 bits per heavy atom. The summed E-state index contributed by atoms with van der Waals surface area (Å²) in [6.07, 6.45) is 1.97. The van der Waals surface area contributed by atoms with E-state index in [0.717, 1.165) is 0 Å². The molecule has 18 heavy (non-hydrogen) atoms. The molecule has 0 aromatic carbocycles. The lowest BCUT2D eigenvalue weighted by Gasteiger charge is -2.34. The number of hydrogen-bond donors (Lipinski definition) is 2. The Hall–Kier alpha value is -1.91.